The van der Waals surface area contributed by atoms with Gasteiger partial charge in [-0.3, -0.25) is 0 Å². The van der Waals surface area contributed by atoms with E-state index in [0.717, 1.165) is 30.0 Å². The van der Waals surface area contributed by atoms with Crippen LogP contribution in [-0.2, 0) is 10.3 Å². The summed E-state index contributed by atoms with van der Waals surface area (Å²) in [4.78, 5) is 4.18. The maximum absolute atomic E-state index is 15.3. The lowest BCUT2D eigenvalue weighted by molar-refractivity contribution is -0.0694. The molecule has 7 heteroatoms. The van der Waals surface area contributed by atoms with Gasteiger partial charge >= 0.3 is 0 Å². The van der Waals surface area contributed by atoms with Gasteiger partial charge in [-0.2, -0.15) is 0 Å². The molecule has 2 heterocycles. The lowest BCUT2D eigenvalue weighted by Crippen LogP contribution is -2.58. The molecule has 1 aromatic rings. The molecule has 1 saturated heterocycles. The second-order valence-electron chi connectivity index (χ2n) is 5.03. The summed E-state index contributed by atoms with van der Waals surface area (Å²) in [5.41, 5.74) is 2.64. The van der Waals surface area contributed by atoms with Crippen LogP contribution >= 0.6 is 11.8 Å². The number of nitrogens with two attached hydrogens (primary N) is 1. The Morgan fingerprint density at radius 3 is 2.65 bits per heavy atom. The minimum absolute atomic E-state index is 0.0757. The van der Waals surface area contributed by atoms with E-state index in [9.17, 15) is 8.78 Å². The molecular formula is C13H13F3N2OS. The number of benzene rings is 1. The number of nitrogens with zero attached hydrogens (tertiary/aromatic N) is 1. The minimum Gasteiger partial charge on any atom is -0.379 e. The highest BCUT2D eigenvalue weighted by molar-refractivity contribution is 8.13. The van der Waals surface area contributed by atoms with E-state index >= 15 is 4.39 Å². The number of ether oxygens (including phenoxy) is 1. The van der Waals surface area contributed by atoms with Crippen molar-refractivity contribution < 1.29 is 17.9 Å². The number of alkyl halides is 1. The molecule has 0 aromatic heterocycles. The van der Waals surface area contributed by atoms with E-state index in [1.807, 2.05) is 0 Å². The van der Waals surface area contributed by atoms with Crippen LogP contribution in [0.5, 0.6) is 0 Å². The molecule has 1 fully saturated rings. The number of halogens is 3. The highest BCUT2D eigenvalue weighted by Gasteiger charge is 2.58. The Hall–Kier alpha value is -1.21. The van der Waals surface area contributed by atoms with Crippen molar-refractivity contribution in [2.45, 2.75) is 17.6 Å². The first kappa shape index (κ1) is 13.8. The van der Waals surface area contributed by atoms with Crippen molar-refractivity contribution in [2.75, 3.05) is 19.0 Å². The van der Waals surface area contributed by atoms with Crippen molar-refractivity contribution in [3.63, 3.8) is 0 Å². The minimum atomic E-state index is -1.72. The quantitative estimate of drug-likeness (QED) is 0.866. The first-order valence-corrected chi connectivity index (χ1v) is 7.15. The highest BCUT2D eigenvalue weighted by atomic mass is 32.2. The number of fused-ring (bicyclic) bond motifs is 1. The van der Waals surface area contributed by atoms with E-state index < -0.39 is 22.8 Å². The van der Waals surface area contributed by atoms with E-state index in [1.165, 1.54) is 0 Å². The molecule has 108 valence electrons. The van der Waals surface area contributed by atoms with Gasteiger partial charge in [0.05, 0.1) is 6.61 Å². The largest absolute Gasteiger partial charge is 0.379 e. The molecule has 1 aromatic carbocycles. The van der Waals surface area contributed by atoms with E-state index in [-0.39, 0.29) is 36.1 Å². The highest BCUT2D eigenvalue weighted by Crippen LogP contribution is 2.49. The Morgan fingerprint density at radius 2 is 1.95 bits per heavy atom. The fraction of sp³-hybridized carbons (Fsp3) is 0.462. The molecule has 0 aliphatic carbocycles. The van der Waals surface area contributed by atoms with E-state index in [4.69, 9.17) is 10.5 Å². The molecule has 2 aliphatic heterocycles. The van der Waals surface area contributed by atoms with Crippen LogP contribution in [0, 0.1) is 11.6 Å². The predicted molar refractivity (Wildman–Crippen MR) is 71.4 cm³/mol. The number of aliphatic imine (C=N–C) groups is 1. The summed E-state index contributed by atoms with van der Waals surface area (Å²) in [5.74, 6) is -1.44. The average Bonchev–Trinajstić information content (AvgIpc) is 2.38. The van der Waals surface area contributed by atoms with Crippen molar-refractivity contribution in [3.05, 3.63) is 35.4 Å². The molecular weight excluding hydrogens is 289 g/mol. The van der Waals surface area contributed by atoms with Gasteiger partial charge in [-0.25, -0.2) is 18.2 Å². The van der Waals surface area contributed by atoms with Gasteiger partial charge in [0.2, 0.25) is 0 Å². The van der Waals surface area contributed by atoms with Gasteiger partial charge < -0.3 is 10.5 Å². The van der Waals surface area contributed by atoms with Gasteiger partial charge in [0.1, 0.15) is 17.2 Å². The van der Waals surface area contributed by atoms with Gasteiger partial charge in [0, 0.05) is 24.8 Å². The summed E-state index contributed by atoms with van der Waals surface area (Å²) in [6.45, 7) is 0.180. The van der Waals surface area contributed by atoms with Crippen molar-refractivity contribution in [1.29, 1.82) is 0 Å². The van der Waals surface area contributed by atoms with Crippen LogP contribution in [-0.4, -0.2) is 29.8 Å². The number of hydrogen-bond acceptors (Lipinski definition) is 4. The Kier molecular flexibility index (Phi) is 3.21. The summed E-state index contributed by atoms with van der Waals surface area (Å²) in [5, 5.41) is 0.202. The average molecular weight is 302 g/mol. The molecule has 0 bridgehead atoms. The maximum atomic E-state index is 15.3. The fourth-order valence-corrected chi connectivity index (χ4v) is 3.70. The fourth-order valence-electron chi connectivity index (χ4n) is 2.72. The SMILES string of the molecule is NC1=N[C@@]2(c3cc(F)cc(F)c3)COCC[C@@]2(F)CS1. The Balaban J connectivity index is 2.20. The van der Waals surface area contributed by atoms with Gasteiger partial charge in [0.25, 0.3) is 0 Å². The van der Waals surface area contributed by atoms with Gasteiger partial charge in [-0.05, 0) is 17.7 Å². The summed E-state index contributed by atoms with van der Waals surface area (Å²) < 4.78 is 47.6. The summed E-state index contributed by atoms with van der Waals surface area (Å²) >= 11 is 1.11. The maximum Gasteiger partial charge on any atom is 0.155 e. The van der Waals surface area contributed by atoms with Crippen LogP contribution in [0.4, 0.5) is 13.2 Å². The van der Waals surface area contributed by atoms with Gasteiger partial charge in [-0.15, -0.1) is 0 Å². The molecule has 2 aliphatic rings. The van der Waals surface area contributed by atoms with Crippen molar-refractivity contribution in [1.82, 2.24) is 0 Å². The smallest absolute Gasteiger partial charge is 0.155 e. The van der Waals surface area contributed by atoms with Crippen LogP contribution in [0.2, 0.25) is 0 Å². The molecule has 0 amide bonds. The first-order valence-electron chi connectivity index (χ1n) is 6.17. The van der Waals surface area contributed by atoms with Crippen LogP contribution in [0.1, 0.15) is 12.0 Å². The Morgan fingerprint density at radius 1 is 1.25 bits per heavy atom. The summed E-state index contributed by atoms with van der Waals surface area (Å²) in [6.07, 6.45) is 0.120. The second-order valence-corrected chi connectivity index (χ2v) is 6.02. The zero-order valence-electron chi connectivity index (χ0n) is 10.5. The van der Waals surface area contributed by atoms with Gasteiger partial charge in [0.15, 0.2) is 10.8 Å². The first-order chi connectivity index (χ1) is 9.45. The second kappa shape index (κ2) is 4.66. The van der Waals surface area contributed by atoms with Crippen molar-refractivity contribution >= 4 is 16.9 Å². The standard InChI is InChI=1S/C13H13F3N2OS/c14-9-3-8(4-10(15)5-9)13-6-19-2-1-12(13,16)7-20-11(17)18-13/h3-5H,1-2,6-7H2,(H2,17,18)/t12-,13-/m1/s1. The van der Waals surface area contributed by atoms with Gasteiger partial charge in [-0.1, -0.05) is 11.8 Å². The molecule has 3 nitrogen and oxygen atoms in total. The molecule has 3 rings (SSSR count). The topological polar surface area (TPSA) is 47.6 Å². The van der Waals surface area contributed by atoms with Crippen molar-refractivity contribution in [3.8, 4) is 0 Å². The normalized spacial score (nSPS) is 33.5. The van der Waals surface area contributed by atoms with E-state index in [0.29, 0.717) is 0 Å². The van der Waals surface area contributed by atoms with Crippen LogP contribution in [0.15, 0.2) is 23.2 Å². The van der Waals surface area contributed by atoms with E-state index in [1.54, 1.807) is 0 Å². The van der Waals surface area contributed by atoms with Crippen LogP contribution in [0.25, 0.3) is 0 Å². The lowest BCUT2D eigenvalue weighted by atomic mass is 9.74. The monoisotopic (exact) mass is 302 g/mol. The molecule has 0 unspecified atom stereocenters. The van der Waals surface area contributed by atoms with Crippen LogP contribution in [0.3, 0.4) is 0 Å². The summed E-state index contributed by atoms with van der Waals surface area (Å²) in [6, 6.07) is 2.94. The third-order valence-electron chi connectivity index (χ3n) is 3.78. The summed E-state index contributed by atoms with van der Waals surface area (Å²) in [7, 11) is 0. The number of thioether (sulfide) groups is 1. The lowest BCUT2D eigenvalue weighted by Gasteiger charge is -2.48. The predicted octanol–water partition coefficient (Wildman–Crippen LogP) is 2.35. The molecule has 0 spiro atoms. The Labute approximate surface area is 118 Å². The molecule has 2 N–H and O–H groups in total. The number of amidine groups is 1. The molecule has 20 heavy (non-hydrogen) atoms. The zero-order valence-corrected chi connectivity index (χ0v) is 11.4. The molecule has 0 saturated carbocycles. The third-order valence-corrected chi connectivity index (χ3v) is 4.77. The third kappa shape index (κ3) is 2.00. The Bertz CT molecular complexity index is 562. The number of hydrogen-bond donors (Lipinski definition) is 1. The number of rotatable bonds is 1. The van der Waals surface area contributed by atoms with Crippen LogP contribution < -0.4 is 5.73 Å². The zero-order chi connectivity index (χ0) is 14.4. The molecule has 0 radical (unpaired) electrons. The van der Waals surface area contributed by atoms with Crippen molar-refractivity contribution in [2.24, 2.45) is 10.7 Å². The molecule has 2 atom stereocenters. The van der Waals surface area contributed by atoms with E-state index in [2.05, 4.69) is 4.99 Å².